The molecule has 20 heavy (non-hydrogen) atoms. The van der Waals surface area contributed by atoms with Crippen LogP contribution in [-0.4, -0.2) is 29.9 Å². The highest BCUT2D eigenvalue weighted by Crippen LogP contribution is 2.15. The maximum Gasteiger partial charge on any atom is 0.227 e. The van der Waals surface area contributed by atoms with Gasteiger partial charge < -0.3 is 9.09 Å². The number of rotatable bonds is 4. The van der Waals surface area contributed by atoms with Gasteiger partial charge in [-0.25, -0.2) is 4.98 Å². The van der Waals surface area contributed by atoms with Crippen molar-refractivity contribution in [3.63, 3.8) is 0 Å². The molecule has 7 nitrogen and oxygen atoms in total. The molecule has 0 saturated heterocycles. The van der Waals surface area contributed by atoms with Gasteiger partial charge in [-0.1, -0.05) is 5.16 Å². The molecule has 1 N–H and O–H groups in total. The fourth-order valence-corrected chi connectivity index (χ4v) is 1.99. The smallest absolute Gasteiger partial charge is 0.227 e. The monoisotopic (exact) mass is 272 g/mol. The van der Waals surface area contributed by atoms with Crippen LogP contribution in [0, 0.1) is 13.8 Å². The van der Waals surface area contributed by atoms with Crippen LogP contribution in [0.25, 0.3) is 11.5 Å². The Hall–Kier alpha value is -2.44. The Kier molecular flexibility index (Phi) is 3.09. The summed E-state index contributed by atoms with van der Waals surface area (Å²) in [4.78, 5) is 8.55. The van der Waals surface area contributed by atoms with Crippen molar-refractivity contribution in [2.75, 3.05) is 0 Å². The maximum atomic E-state index is 5.25. The molecule has 0 spiro atoms. The number of hydrogen-bond acceptors (Lipinski definition) is 5. The first kappa shape index (κ1) is 12.6. The molecule has 3 aromatic rings. The summed E-state index contributed by atoms with van der Waals surface area (Å²) in [6.45, 7) is 4.07. The topological polar surface area (TPSA) is 85.4 Å². The van der Waals surface area contributed by atoms with Gasteiger partial charge in [0.2, 0.25) is 11.7 Å². The molecule has 0 aromatic carbocycles. The number of nitrogens with one attached hydrogen (secondary N) is 1. The molecule has 0 unspecified atom stereocenters. The van der Waals surface area contributed by atoms with Crippen LogP contribution >= 0.6 is 0 Å². The molecular formula is C13H16N6O. The summed E-state index contributed by atoms with van der Waals surface area (Å²) in [6.07, 6.45) is 5.02. The quantitative estimate of drug-likeness (QED) is 0.779. The van der Waals surface area contributed by atoms with E-state index in [0.717, 1.165) is 17.8 Å². The first-order valence-electron chi connectivity index (χ1n) is 6.45. The summed E-state index contributed by atoms with van der Waals surface area (Å²) in [5.41, 5.74) is 4.04. The van der Waals surface area contributed by atoms with Gasteiger partial charge in [-0.05, 0) is 19.4 Å². The van der Waals surface area contributed by atoms with Crippen molar-refractivity contribution in [2.24, 2.45) is 7.05 Å². The first-order valence-corrected chi connectivity index (χ1v) is 6.45. The molecule has 0 radical (unpaired) electrons. The summed E-state index contributed by atoms with van der Waals surface area (Å²) < 4.78 is 7.10. The van der Waals surface area contributed by atoms with E-state index < -0.39 is 0 Å². The number of aryl methyl sites for hydroxylation is 4. The predicted molar refractivity (Wildman–Crippen MR) is 72.0 cm³/mol. The molecule has 0 atom stereocenters. The average molecular weight is 272 g/mol. The fourth-order valence-electron chi connectivity index (χ4n) is 1.99. The Balaban J connectivity index is 1.70. The van der Waals surface area contributed by atoms with E-state index >= 15 is 0 Å². The molecule has 0 aliphatic rings. The molecule has 0 fully saturated rings. The standard InChI is InChI=1S/C13H16N6O/c1-8-9(2)16-17-10(8)4-5-12-15-13(18-20-12)11-6-19(3)7-14-11/h6-7H,4-5H2,1-3H3,(H,16,17). The van der Waals surface area contributed by atoms with Crippen molar-refractivity contribution in [1.82, 2.24) is 29.9 Å². The molecule has 3 rings (SSSR count). The normalized spacial score (nSPS) is 11.2. The van der Waals surface area contributed by atoms with Gasteiger partial charge in [-0.3, -0.25) is 5.10 Å². The van der Waals surface area contributed by atoms with E-state index in [1.165, 1.54) is 5.56 Å². The van der Waals surface area contributed by atoms with Gasteiger partial charge in [0.15, 0.2) is 0 Å². The van der Waals surface area contributed by atoms with E-state index in [2.05, 4.69) is 32.2 Å². The molecule has 0 saturated carbocycles. The average Bonchev–Trinajstić information content (AvgIpc) is 3.12. The van der Waals surface area contributed by atoms with Crippen LogP contribution in [0.4, 0.5) is 0 Å². The zero-order chi connectivity index (χ0) is 14.1. The van der Waals surface area contributed by atoms with E-state index in [1.807, 2.05) is 24.7 Å². The van der Waals surface area contributed by atoms with Crippen molar-refractivity contribution in [3.05, 3.63) is 35.4 Å². The predicted octanol–water partition coefficient (Wildman–Crippen LogP) is 1.60. The van der Waals surface area contributed by atoms with E-state index in [9.17, 15) is 0 Å². The van der Waals surface area contributed by atoms with Gasteiger partial charge in [0.25, 0.3) is 0 Å². The summed E-state index contributed by atoms with van der Waals surface area (Å²) >= 11 is 0. The minimum Gasteiger partial charge on any atom is -0.340 e. The number of imidazole rings is 1. The van der Waals surface area contributed by atoms with Crippen LogP contribution in [0.1, 0.15) is 22.8 Å². The zero-order valence-corrected chi connectivity index (χ0v) is 11.7. The fraction of sp³-hybridized carbons (Fsp3) is 0.385. The van der Waals surface area contributed by atoms with Crippen molar-refractivity contribution < 1.29 is 4.52 Å². The second kappa shape index (κ2) is 4.92. The minimum atomic E-state index is 0.524. The Morgan fingerprint density at radius 3 is 2.80 bits per heavy atom. The minimum absolute atomic E-state index is 0.524. The Morgan fingerprint density at radius 1 is 1.30 bits per heavy atom. The van der Waals surface area contributed by atoms with Gasteiger partial charge in [-0.15, -0.1) is 0 Å². The van der Waals surface area contributed by atoms with Gasteiger partial charge in [-0.2, -0.15) is 10.1 Å². The number of hydrogen-bond donors (Lipinski definition) is 1. The molecule has 3 heterocycles. The lowest BCUT2D eigenvalue weighted by atomic mass is 10.1. The van der Waals surface area contributed by atoms with Gasteiger partial charge in [0, 0.05) is 31.8 Å². The van der Waals surface area contributed by atoms with Crippen LogP contribution in [-0.2, 0) is 19.9 Å². The first-order chi connectivity index (χ1) is 9.63. The van der Waals surface area contributed by atoms with Crippen molar-refractivity contribution in [1.29, 1.82) is 0 Å². The Labute approximate surface area is 116 Å². The van der Waals surface area contributed by atoms with E-state index in [1.54, 1.807) is 6.33 Å². The second-order valence-electron chi connectivity index (χ2n) is 4.86. The number of nitrogens with zero attached hydrogens (tertiary/aromatic N) is 5. The highest BCUT2D eigenvalue weighted by atomic mass is 16.5. The molecule has 7 heteroatoms. The molecule has 3 aromatic heterocycles. The third-order valence-electron chi connectivity index (χ3n) is 3.33. The molecule has 0 aliphatic heterocycles. The summed E-state index contributed by atoms with van der Waals surface area (Å²) in [5.74, 6) is 1.13. The molecule has 0 bridgehead atoms. The Morgan fingerprint density at radius 2 is 2.15 bits per heavy atom. The molecule has 104 valence electrons. The summed E-state index contributed by atoms with van der Waals surface area (Å²) in [6, 6.07) is 0. The second-order valence-corrected chi connectivity index (χ2v) is 4.86. The van der Waals surface area contributed by atoms with Crippen LogP contribution in [0.15, 0.2) is 17.0 Å². The van der Waals surface area contributed by atoms with Gasteiger partial charge >= 0.3 is 0 Å². The number of aromatic amines is 1. The lowest BCUT2D eigenvalue weighted by Crippen LogP contribution is -1.94. The van der Waals surface area contributed by atoms with Gasteiger partial charge in [0.05, 0.1) is 12.0 Å². The number of H-pyrrole nitrogens is 1. The van der Waals surface area contributed by atoms with Gasteiger partial charge in [0.1, 0.15) is 5.69 Å². The zero-order valence-electron chi connectivity index (χ0n) is 11.7. The van der Waals surface area contributed by atoms with E-state index in [0.29, 0.717) is 23.8 Å². The lowest BCUT2D eigenvalue weighted by Gasteiger charge is -1.94. The van der Waals surface area contributed by atoms with Crippen LogP contribution < -0.4 is 0 Å². The largest absolute Gasteiger partial charge is 0.340 e. The highest BCUT2D eigenvalue weighted by molar-refractivity contribution is 5.46. The molecule has 0 amide bonds. The maximum absolute atomic E-state index is 5.25. The third kappa shape index (κ3) is 2.34. The molecular weight excluding hydrogens is 256 g/mol. The van der Waals surface area contributed by atoms with Crippen molar-refractivity contribution in [3.8, 4) is 11.5 Å². The Bertz CT molecular complexity index is 723. The third-order valence-corrected chi connectivity index (χ3v) is 3.33. The summed E-state index contributed by atoms with van der Waals surface area (Å²) in [5, 5.41) is 11.2. The van der Waals surface area contributed by atoms with E-state index in [-0.39, 0.29) is 0 Å². The highest BCUT2D eigenvalue weighted by Gasteiger charge is 2.12. The molecule has 0 aliphatic carbocycles. The van der Waals surface area contributed by atoms with Crippen LogP contribution in [0.5, 0.6) is 0 Å². The van der Waals surface area contributed by atoms with Crippen LogP contribution in [0.3, 0.4) is 0 Å². The van der Waals surface area contributed by atoms with Crippen molar-refractivity contribution >= 4 is 0 Å². The lowest BCUT2D eigenvalue weighted by molar-refractivity contribution is 0.378. The van der Waals surface area contributed by atoms with E-state index in [4.69, 9.17) is 4.52 Å². The van der Waals surface area contributed by atoms with Crippen LogP contribution in [0.2, 0.25) is 0 Å². The van der Waals surface area contributed by atoms with Crippen molar-refractivity contribution in [2.45, 2.75) is 26.7 Å². The number of aromatic nitrogens is 6. The summed E-state index contributed by atoms with van der Waals surface area (Å²) in [7, 11) is 1.90. The SMILES string of the molecule is Cc1[nH]nc(CCc2nc(-c3cn(C)cn3)no2)c1C.